The van der Waals surface area contributed by atoms with Gasteiger partial charge in [-0.05, 0) is 38.9 Å². The van der Waals surface area contributed by atoms with Crippen molar-refractivity contribution < 1.29 is 9.59 Å². The van der Waals surface area contributed by atoms with Crippen LogP contribution >= 0.6 is 0 Å². The number of hydrogen-bond acceptors (Lipinski definition) is 3. The second-order valence-corrected chi connectivity index (χ2v) is 7.56. The highest BCUT2D eigenvalue weighted by Gasteiger charge is 2.18. The molecule has 0 heterocycles. The van der Waals surface area contributed by atoms with E-state index in [-0.39, 0.29) is 30.4 Å². The molecular formula is C22H29N3O2. The molecule has 2 aromatic carbocycles. The number of nitrogens with zero attached hydrogens (tertiary/aromatic N) is 1. The van der Waals surface area contributed by atoms with Crippen molar-refractivity contribution in [1.29, 1.82) is 0 Å². The van der Waals surface area contributed by atoms with Crippen molar-refractivity contribution in [1.82, 2.24) is 10.2 Å². The molecule has 0 aliphatic heterocycles. The number of carbonyl (C=O) groups excluding carboxylic acids is 2. The highest BCUT2D eigenvalue weighted by Crippen LogP contribution is 2.27. The molecule has 0 bridgehead atoms. The Bertz CT molecular complexity index is 767. The molecule has 5 nitrogen and oxygen atoms in total. The average molecular weight is 367 g/mol. The molecule has 144 valence electrons. The maximum atomic E-state index is 12.5. The van der Waals surface area contributed by atoms with Gasteiger partial charge in [0.2, 0.25) is 11.8 Å². The van der Waals surface area contributed by atoms with E-state index in [0.29, 0.717) is 6.54 Å². The zero-order valence-electron chi connectivity index (χ0n) is 16.6. The van der Waals surface area contributed by atoms with Crippen molar-refractivity contribution in [2.24, 2.45) is 0 Å². The van der Waals surface area contributed by atoms with Crippen LogP contribution in [0, 0.1) is 0 Å². The van der Waals surface area contributed by atoms with Crippen LogP contribution in [0.4, 0.5) is 5.69 Å². The van der Waals surface area contributed by atoms with Crippen molar-refractivity contribution >= 4 is 17.5 Å². The van der Waals surface area contributed by atoms with E-state index in [1.54, 1.807) is 0 Å². The first-order valence-corrected chi connectivity index (χ1v) is 9.26. The number of carbonyl (C=O) groups is 2. The molecular weight excluding hydrogens is 338 g/mol. The smallest absolute Gasteiger partial charge is 0.238 e. The fraction of sp³-hybridized carbons (Fsp3) is 0.364. The lowest BCUT2D eigenvalue weighted by molar-refractivity contribution is -0.124. The maximum absolute atomic E-state index is 12.5. The molecule has 0 radical (unpaired) electrons. The third-order valence-corrected chi connectivity index (χ3v) is 3.98. The summed E-state index contributed by atoms with van der Waals surface area (Å²) in [6.45, 7) is 8.73. The van der Waals surface area contributed by atoms with E-state index in [4.69, 9.17) is 0 Å². The van der Waals surface area contributed by atoms with E-state index in [2.05, 4.69) is 10.6 Å². The highest BCUT2D eigenvalue weighted by molar-refractivity contribution is 5.96. The van der Waals surface area contributed by atoms with Crippen molar-refractivity contribution in [2.75, 3.05) is 25.0 Å². The molecule has 0 aliphatic rings. The van der Waals surface area contributed by atoms with Gasteiger partial charge in [0.05, 0.1) is 13.1 Å². The Balaban J connectivity index is 2.02. The summed E-state index contributed by atoms with van der Waals surface area (Å²) < 4.78 is 0. The summed E-state index contributed by atoms with van der Waals surface area (Å²) in [6, 6.07) is 17.7. The van der Waals surface area contributed by atoms with Gasteiger partial charge in [-0.25, -0.2) is 0 Å². The minimum absolute atomic E-state index is 0.0816. The van der Waals surface area contributed by atoms with Gasteiger partial charge < -0.3 is 10.6 Å². The normalized spacial score (nSPS) is 11.3. The van der Waals surface area contributed by atoms with E-state index in [1.807, 2.05) is 87.2 Å². The molecule has 0 aromatic heterocycles. The Labute approximate surface area is 161 Å². The molecule has 0 aliphatic carbocycles. The lowest BCUT2D eigenvalue weighted by Crippen LogP contribution is -2.47. The number of rotatable bonds is 7. The molecule has 2 N–H and O–H groups in total. The lowest BCUT2D eigenvalue weighted by atomic mass is 10.0. The van der Waals surface area contributed by atoms with Gasteiger partial charge >= 0.3 is 0 Å². The minimum Gasteiger partial charge on any atom is -0.350 e. The molecule has 0 saturated carbocycles. The second-order valence-electron chi connectivity index (χ2n) is 7.56. The van der Waals surface area contributed by atoms with Gasteiger partial charge in [0.25, 0.3) is 0 Å². The summed E-state index contributed by atoms with van der Waals surface area (Å²) in [5.41, 5.74) is 2.50. The van der Waals surface area contributed by atoms with Crippen molar-refractivity contribution in [2.45, 2.75) is 33.2 Å². The summed E-state index contributed by atoms with van der Waals surface area (Å²) in [5, 5.41) is 5.91. The number of benzene rings is 2. The molecule has 0 spiro atoms. The van der Waals surface area contributed by atoms with Gasteiger partial charge in [-0.15, -0.1) is 0 Å². The average Bonchev–Trinajstić information content (AvgIpc) is 2.60. The number of amides is 2. The maximum Gasteiger partial charge on any atom is 0.238 e. The molecule has 0 fully saturated rings. The monoisotopic (exact) mass is 367 g/mol. The topological polar surface area (TPSA) is 61.4 Å². The van der Waals surface area contributed by atoms with Crippen LogP contribution in [-0.2, 0) is 9.59 Å². The van der Waals surface area contributed by atoms with E-state index in [9.17, 15) is 9.59 Å². The van der Waals surface area contributed by atoms with Gasteiger partial charge in [0.1, 0.15) is 0 Å². The zero-order valence-corrected chi connectivity index (χ0v) is 16.6. The van der Waals surface area contributed by atoms with Gasteiger partial charge in [-0.3, -0.25) is 14.5 Å². The van der Waals surface area contributed by atoms with Crippen LogP contribution in [0.3, 0.4) is 0 Å². The molecule has 2 amide bonds. The number of para-hydroxylation sites is 1. The van der Waals surface area contributed by atoms with E-state index in [1.165, 1.54) is 0 Å². The summed E-state index contributed by atoms with van der Waals surface area (Å²) in [7, 11) is 0. The third kappa shape index (κ3) is 6.87. The fourth-order valence-electron chi connectivity index (χ4n) is 2.79. The van der Waals surface area contributed by atoms with E-state index in [0.717, 1.165) is 16.8 Å². The first-order valence-electron chi connectivity index (χ1n) is 9.26. The van der Waals surface area contributed by atoms with Gasteiger partial charge in [0, 0.05) is 16.8 Å². The summed E-state index contributed by atoms with van der Waals surface area (Å²) in [4.78, 5) is 26.5. The highest BCUT2D eigenvalue weighted by atomic mass is 16.2. The molecule has 0 saturated heterocycles. The van der Waals surface area contributed by atoms with Crippen LogP contribution in [0.15, 0.2) is 54.6 Å². The van der Waals surface area contributed by atoms with Crippen LogP contribution in [-0.4, -0.2) is 41.9 Å². The molecule has 2 rings (SSSR count). The predicted molar refractivity (Wildman–Crippen MR) is 111 cm³/mol. The molecule has 0 unspecified atom stereocenters. The lowest BCUT2D eigenvalue weighted by Gasteiger charge is -2.24. The zero-order chi connectivity index (χ0) is 19.9. The summed E-state index contributed by atoms with van der Waals surface area (Å²) in [6.07, 6.45) is 0. The van der Waals surface area contributed by atoms with Gasteiger partial charge in [-0.1, -0.05) is 55.5 Å². The van der Waals surface area contributed by atoms with Crippen LogP contribution in [0.2, 0.25) is 0 Å². The van der Waals surface area contributed by atoms with E-state index < -0.39 is 0 Å². The SMILES string of the molecule is CCN(CC(=O)Nc1ccccc1-c1ccccc1)CC(=O)NC(C)(C)C. The minimum atomic E-state index is -0.284. The molecule has 2 aromatic rings. The Kier molecular flexibility index (Phi) is 7.13. The van der Waals surface area contributed by atoms with E-state index >= 15 is 0 Å². The fourth-order valence-corrected chi connectivity index (χ4v) is 2.79. The molecule has 27 heavy (non-hydrogen) atoms. The van der Waals surface area contributed by atoms with Gasteiger partial charge in [0.15, 0.2) is 0 Å². The van der Waals surface area contributed by atoms with Crippen molar-refractivity contribution in [3.05, 3.63) is 54.6 Å². The quantitative estimate of drug-likeness (QED) is 0.787. The number of anilines is 1. The largest absolute Gasteiger partial charge is 0.350 e. The Morgan fingerprint density at radius 1 is 0.889 bits per heavy atom. The summed E-state index contributed by atoms with van der Waals surface area (Å²) >= 11 is 0. The Morgan fingerprint density at radius 2 is 1.48 bits per heavy atom. The van der Waals surface area contributed by atoms with Crippen LogP contribution in [0.25, 0.3) is 11.1 Å². The standard InChI is InChI=1S/C22H29N3O2/c1-5-25(16-21(27)24-22(2,3)4)15-20(26)23-19-14-10-9-13-18(19)17-11-7-6-8-12-17/h6-14H,5,15-16H2,1-4H3,(H,23,26)(H,24,27). The molecule has 5 heteroatoms. The number of hydrogen-bond donors (Lipinski definition) is 2. The van der Waals surface area contributed by atoms with Gasteiger partial charge in [-0.2, -0.15) is 0 Å². The second kappa shape index (κ2) is 9.33. The predicted octanol–water partition coefficient (Wildman–Crippen LogP) is 3.53. The third-order valence-electron chi connectivity index (χ3n) is 3.98. The van der Waals surface area contributed by atoms with Crippen LogP contribution in [0.5, 0.6) is 0 Å². The Hall–Kier alpha value is -2.66. The summed E-state index contributed by atoms with van der Waals surface area (Å²) in [5.74, 6) is -0.217. The first kappa shape index (κ1) is 20.6. The van der Waals surface area contributed by atoms with Crippen LogP contribution in [0.1, 0.15) is 27.7 Å². The number of nitrogens with one attached hydrogen (secondary N) is 2. The van der Waals surface area contributed by atoms with Crippen molar-refractivity contribution in [3.8, 4) is 11.1 Å². The Morgan fingerprint density at radius 3 is 2.11 bits per heavy atom. The van der Waals surface area contributed by atoms with Crippen LogP contribution < -0.4 is 10.6 Å². The first-order chi connectivity index (χ1) is 12.8. The van der Waals surface area contributed by atoms with Crippen molar-refractivity contribution in [3.63, 3.8) is 0 Å². The number of likely N-dealkylation sites (N-methyl/N-ethyl adjacent to an activating group) is 1. The molecule has 0 atom stereocenters.